The quantitative estimate of drug-likeness (QED) is 0.701. The van der Waals surface area contributed by atoms with Gasteiger partial charge in [-0.1, -0.05) is 36.4 Å². The first-order valence-electron chi connectivity index (χ1n) is 10.7. The van der Waals surface area contributed by atoms with Crippen LogP contribution in [0.1, 0.15) is 16.7 Å². The van der Waals surface area contributed by atoms with E-state index in [-0.39, 0.29) is 11.4 Å². The molecule has 9 heteroatoms. The van der Waals surface area contributed by atoms with E-state index in [1.807, 2.05) is 42.5 Å². The van der Waals surface area contributed by atoms with E-state index in [1.54, 1.807) is 6.08 Å². The predicted molar refractivity (Wildman–Crippen MR) is 129 cm³/mol. The SMILES string of the molecule is Cc1ccccc1COc1ccc(/C=C2/C(=N)N3N=C(N4CCOCC4)SC3=NC2=O)cc1. The summed E-state index contributed by atoms with van der Waals surface area (Å²) in [4.78, 5) is 18.9. The van der Waals surface area contributed by atoms with Gasteiger partial charge in [-0.05, 0) is 53.6 Å². The van der Waals surface area contributed by atoms with Gasteiger partial charge in [0.1, 0.15) is 12.4 Å². The molecule has 0 aromatic heterocycles. The predicted octanol–water partition coefficient (Wildman–Crippen LogP) is 3.48. The first kappa shape index (κ1) is 21.4. The van der Waals surface area contributed by atoms with Crippen molar-refractivity contribution in [2.75, 3.05) is 26.3 Å². The number of rotatable bonds is 4. The average Bonchev–Trinajstić information content (AvgIpc) is 3.27. The highest BCUT2D eigenvalue weighted by Crippen LogP contribution is 2.30. The van der Waals surface area contributed by atoms with Gasteiger partial charge in [-0.15, -0.1) is 5.10 Å². The van der Waals surface area contributed by atoms with Gasteiger partial charge in [-0.25, -0.2) is 0 Å². The van der Waals surface area contributed by atoms with Gasteiger partial charge < -0.3 is 14.4 Å². The molecular formula is C24H23N5O3S. The van der Waals surface area contributed by atoms with Crippen molar-refractivity contribution in [1.82, 2.24) is 9.91 Å². The molecule has 3 heterocycles. The van der Waals surface area contributed by atoms with Crippen molar-refractivity contribution < 1.29 is 14.3 Å². The van der Waals surface area contributed by atoms with Crippen LogP contribution in [0, 0.1) is 12.3 Å². The fourth-order valence-electron chi connectivity index (χ4n) is 3.62. The first-order valence-corrected chi connectivity index (χ1v) is 11.5. The van der Waals surface area contributed by atoms with E-state index in [0.717, 1.165) is 35.1 Å². The van der Waals surface area contributed by atoms with Crippen molar-refractivity contribution >= 4 is 39.9 Å². The van der Waals surface area contributed by atoms with Crippen molar-refractivity contribution in [2.24, 2.45) is 10.1 Å². The summed E-state index contributed by atoms with van der Waals surface area (Å²) >= 11 is 1.31. The van der Waals surface area contributed by atoms with E-state index in [1.165, 1.54) is 22.3 Å². The van der Waals surface area contributed by atoms with Crippen LogP contribution in [0.25, 0.3) is 6.08 Å². The molecule has 5 rings (SSSR count). The minimum absolute atomic E-state index is 0.0284. The van der Waals surface area contributed by atoms with Gasteiger partial charge in [0, 0.05) is 13.1 Å². The zero-order chi connectivity index (χ0) is 22.8. The smallest absolute Gasteiger partial charge is 0.283 e. The first-order chi connectivity index (χ1) is 16.1. The van der Waals surface area contributed by atoms with Crippen LogP contribution in [-0.2, 0) is 16.1 Å². The lowest BCUT2D eigenvalue weighted by molar-refractivity contribution is -0.114. The van der Waals surface area contributed by atoms with Crippen molar-refractivity contribution in [1.29, 1.82) is 5.41 Å². The second-order valence-corrected chi connectivity index (χ2v) is 8.72. The molecule has 0 bridgehead atoms. The molecule has 168 valence electrons. The fourth-order valence-corrected chi connectivity index (χ4v) is 4.57. The van der Waals surface area contributed by atoms with Crippen LogP contribution >= 0.6 is 11.8 Å². The third-order valence-corrected chi connectivity index (χ3v) is 6.54. The number of carbonyl (C=O) groups is 1. The maximum absolute atomic E-state index is 12.6. The Morgan fingerprint density at radius 2 is 1.88 bits per heavy atom. The molecule has 0 aliphatic carbocycles. The number of hydrogen-bond acceptors (Lipinski definition) is 7. The molecule has 1 fully saturated rings. The molecule has 1 amide bonds. The van der Waals surface area contributed by atoms with E-state index in [2.05, 4.69) is 28.0 Å². The van der Waals surface area contributed by atoms with Gasteiger partial charge in [-0.2, -0.15) is 10.0 Å². The molecule has 0 saturated carbocycles. The summed E-state index contributed by atoms with van der Waals surface area (Å²) in [6, 6.07) is 15.6. The van der Waals surface area contributed by atoms with E-state index in [9.17, 15) is 4.79 Å². The zero-order valence-corrected chi connectivity index (χ0v) is 19.0. The van der Waals surface area contributed by atoms with Crippen LogP contribution in [0.5, 0.6) is 5.75 Å². The van der Waals surface area contributed by atoms with Gasteiger partial charge >= 0.3 is 0 Å². The molecule has 0 spiro atoms. The van der Waals surface area contributed by atoms with E-state index in [4.69, 9.17) is 14.9 Å². The number of carbonyl (C=O) groups excluding carboxylic acids is 1. The highest BCUT2D eigenvalue weighted by Gasteiger charge is 2.37. The number of ether oxygens (including phenoxy) is 2. The van der Waals surface area contributed by atoms with Crippen molar-refractivity contribution in [3.8, 4) is 5.75 Å². The molecule has 0 unspecified atom stereocenters. The van der Waals surface area contributed by atoms with Gasteiger partial charge in [0.15, 0.2) is 11.0 Å². The van der Waals surface area contributed by atoms with E-state index < -0.39 is 5.91 Å². The molecule has 8 nitrogen and oxygen atoms in total. The Hall–Kier alpha value is -3.43. The lowest BCUT2D eigenvalue weighted by Crippen LogP contribution is -2.39. The number of thioether (sulfide) groups is 1. The summed E-state index contributed by atoms with van der Waals surface area (Å²) < 4.78 is 11.3. The van der Waals surface area contributed by atoms with Gasteiger partial charge in [0.2, 0.25) is 5.17 Å². The summed E-state index contributed by atoms with van der Waals surface area (Å²) in [5.41, 5.74) is 3.32. The number of aliphatic imine (C=N–C) groups is 1. The number of hydrazone groups is 1. The monoisotopic (exact) mass is 461 g/mol. The Kier molecular flexibility index (Phi) is 5.97. The molecule has 3 aliphatic heterocycles. The standard InChI is InChI=1S/C24H23N5O3S/c1-16-4-2-3-5-18(16)15-32-19-8-6-17(7-9-19)14-20-21(25)29-23(26-22(20)30)33-24(27-29)28-10-12-31-13-11-28/h2-9,14,25H,10-13,15H2,1H3/b20-14-,25-21?. The van der Waals surface area contributed by atoms with Gasteiger partial charge in [0.25, 0.3) is 5.91 Å². The summed E-state index contributed by atoms with van der Waals surface area (Å²) in [5.74, 6) is 0.333. The van der Waals surface area contributed by atoms with Crippen LogP contribution in [0.4, 0.5) is 0 Å². The molecule has 33 heavy (non-hydrogen) atoms. The molecule has 0 radical (unpaired) electrons. The lowest BCUT2D eigenvalue weighted by atomic mass is 10.1. The lowest BCUT2D eigenvalue weighted by Gasteiger charge is -2.26. The van der Waals surface area contributed by atoms with Gasteiger partial charge in [-0.3, -0.25) is 10.2 Å². The molecule has 2 aromatic carbocycles. The van der Waals surface area contributed by atoms with Crippen molar-refractivity contribution in [3.05, 3.63) is 70.8 Å². The topological polar surface area (TPSA) is 90.6 Å². The Balaban J connectivity index is 1.29. The number of fused-ring (bicyclic) bond motifs is 1. The second kappa shape index (κ2) is 9.21. The average molecular weight is 462 g/mol. The second-order valence-electron chi connectivity index (χ2n) is 7.79. The molecule has 1 N–H and O–H groups in total. The number of amidine groups is 3. The summed E-state index contributed by atoms with van der Waals surface area (Å²) in [7, 11) is 0. The normalized spacial score (nSPS) is 19.5. The molecule has 1 saturated heterocycles. The van der Waals surface area contributed by atoms with E-state index >= 15 is 0 Å². The number of aryl methyl sites for hydroxylation is 1. The number of nitrogens with zero attached hydrogens (tertiary/aromatic N) is 4. The number of nitrogens with one attached hydrogen (secondary N) is 1. The van der Waals surface area contributed by atoms with Crippen LogP contribution < -0.4 is 4.74 Å². The van der Waals surface area contributed by atoms with Crippen LogP contribution in [0.3, 0.4) is 0 Å². The maximum atomic E-state index is 12.6. The summed E-state index contributed by atoms with van der Waals surface area (Å²) in [6.45, 7) is 5.29. The maximum Gasteiger partial charge on any atom is 0.283 e. The zero-order valence-electron chi connectivity index (χ0n) is 18.2. The largest absolute Gasteiger partial charge is 0.489 e. The Morgan fingerprint density at radius 3 is 2.64 bits per heavy atom. The fraction of sp³-hybridized carbons (Fsp3) is 0.250. The minimum atomic E-state index is -0.433. The van der Waals surface area contributed by atoms with Crippen molar-refractivity contribution in [3.63, 3.8) is 0 Å². The third kappa shape index (κ3) is 4.55. The molecule has 0 atom stereocenters. The number of morpholine rings is 1. The number of hydrogen-bond donors (Lipinski definition) is 1. The van der Waals surface area contributed by atoms with Crippen LogP contribution in [0.15, 0.2) is 64.2 Å². The van der Waals surface area contributed by atoms with E-state index in [0.29, 0.717) is 25.0 Å². The van der Waals surface area contributed by atoms with Crippen LogP contribution in [-0.4, -0.2) is 58.3 Å². The van der Waals surface area contributed by atoms with Crippen LogP contribution in [0.2, 0.25) is 0 Å². The highest BCUT2D eigenvalue weighted by atomic mass is 32.2. The third-order valence-electron chi connectivity index (χ3n) is 5.57. The molecule has 2 aromatic rings. The Bertz CT molecular complexity index is 1180. The molecular weight excluding hydrogens is 438 g/mol. The summed E-state index contributed by atoms with van der Waals surface area (Å²) in [5, 5.41) is 15.7. The van der Waals surface area contributed by atoms with Gasteiger partial charge in [0.05, 0.1) is 18.8 Å². The number of amides is 1. The Morgan fingerprint density at radius 1 is 1.12 bits per heavy atom. The minimum Gasteiger partial charge on any atom is -0.489 e. The Labute approximate surface area is 196 Å². The number of benzene rings is 2. The van der Waals surface area contributed by atoms with Crippen molar-refractivity contribution in [2.45, 2.75) is 13.5 Å². The highest BCUT2D eigenvalue weighted by molar-refractivity contribution is 8.26. The molecule has 3 aliphatic rings. The summed E-state index contributed by atoms with van der Waals surface area (Å²) in [6.07, 6.45) is 1.67.